The predicted octanol–water partition coefficient (Wildman–Crippen LogP) is 4.42. The van der Waals surface area contributed by atoms with E-state index in [1.165, 1.54) is 0 Å². The lowest BCUT2D eigenvalue weighted by Gasteiger charge is -2.34. The third-order valence-corrected chi connectivity index (χ3v) is 4.95. The van der Waals surface area contributed by atoms with E-state index in [0.717, 1.165) is 11.1 Å². The molecule has 0 fully saturated rings. The van der Waals surface area contributed by atoms with Crippen LogP contribution in [0.3, 0.4) is 0 Å². The maximum absolute atomic E-state index is 13.2. The first-order valence-electron chi connectivity index (χ1n) is 9.10. The molecule has 0 aliphatic carbocycles. The minimum absolute atomic E-state index is 0.0200. The molecule has 0 spiro atoms. The molecular formula is C22H27ClN2O2. The summed E-state index contributed by atoms with van der Waals surface area (Å²) in [7, 11) is 0. The highest BCUT2D eigenvalue weighted by Gasteiger charge is 2.39. The highest BCUT2D eigenvalue weighted by Crippen LogP contribution is 2.23. The molecule has 0 atom stereocenters. The molecule has 2 rings (SSSR count). The molecule has 2 amide bonds. The van der Waals surface area contributed by atoms with Gasteiger partial charge in [0.15, 0.2) is 0 Å². The molecule has 144 valence electrons. The largest absolute Gasteiger partial charge is 0.351 e. The zero-order chi connectivity index (χ0) is 20.0. The lowest BCUT2D eigenvalue weighted by atomic mass is 9.89. The van der Waals surface area contributed by atoms with Gasteiger partial charge in [-0.3, -0.25) is 9.59 Å². The topological polar surface area (TPSA) is 49.4 Å². The zero-order valence-corrected chi connectivity index (χ0v) is 17.1. The van der Waals surface area contributed by atoms with Crippen LogP contribution in [-0.4, -0.2) is 22.8 Å². The summed E-state index contributed by atoms with van der Waals surface area (Å²) >= 11 is 6.14. The lowest BCUT2D eigenvalue weighted by Crippen LogP contribution is -2.51. The fraction of sp³-hybridized carbons (Fsp3) is 0.364. The predicted molar refractivity (Wildman–Crippen MR) is 109 cm³/mol. The van der Waals surface area contributed by atoms with Crippen LogP contribution < -0.4 is 5.32 Å². The molecule has 1 N–H and O–H groups in total. The number of halogens is 1. The van der Waals surface area contributed by atoms with Crippen LogP contribution in [0.15, 0.2) is 54.6 Å². The summed E-state index contributed by atoms with van der Waals surface area (Å²) in [4.78, 5) is 27.7. The summed E-state index contributed by atoms with van der Waals surface area (Å²) < 4.78 is 0. The minimum atomic E-state index is -1.18. The van der Waals surface area contributed by atoms with Crippen LogP contribution in [0, 0.1) is 5.41 Å². The molecule has 0 aliphatic rings. The standard InChI is InChI=1S/C22H27ClN2O2/c1-16(2)25(15-17-10-6-5-7-11-17)21(27)22(3,4)20(26)24-14-18-12-8-9-13-19(18)23/h5-13,16H,14-15H2,1-4H3,(H,24,26). The van der Waals surface area contributed by atoms with Gasteiger partial charge in [0.1, 0.15) is 5.41 Å². The van der Waals surface area contributed by atoms with Crippen molar-refractivity contribution in [1.29, 1.82) is 0 Å². The number of rotatable bonds is 7. The van der Waals surface area contributed by atoms with Crippen LogP contribution in [0.1, 0.15) is 38.8 Å². The molecule has 2 aromatic carbocycles. The Morgan fingerprint density at radius 1 is 1.04 bits per heavy atom. The van der Waals surface area contributed by atoms with Gasteiger partial charge in [0.25, 0.3) is 0 Å². The van der Waals surface area contributed by atoms with Gasteiger partial charge in [0.05, 0.1) is 0 Å². The minimum Gasteiger partial charge on any atom is -0.351 e. The Morgan fingerprint density at radius 2 is 1.63 bits per heavy atom. The molecule has 4 nitrogen and oxygen atoms in total. The Bertz CT molecular complexity index is 788. The van der Waals surface area contributed by atoms with Gasteiger partial charge in [0.2, 0.25) is 11.8 Å². The normalized spacial score (nSPS) is 11.3. The van der Waals surface area contributed by atoms with E-state index in [1.807, 2.05) is 62.4 Å². The van der Waals surface area contributed by atoms with Crippen LogP contribution in [-0.2, 0) is 22.7 Å². The van der Waals surface area contributed by atoms with Crippen LogP contribution in [0.4, 0.5) is 0 Å². The smallest absolute Gasteiger partial charge is 0.238 e. The third kappa shape index (κ3) is 5.33. The maximum atomic E-state index is 13.2. The second-order valence-corrected chi connectivity index (χ2v) is 7.82. The van der Waals surface area contributed by atoms with E-state index < -0.39 is 5.41 Å². The molecule has 0 saturated heterocycles. The number of carbonyl (C=O) groups is 2. The quantitative estimate of drug-likeness (QED) is 0.716. The average molecular weight is 387 g/mol. The van der Waals surface area contributed by atoms with E-state index in [9.17, 15) is 9.59 Å². The van der Waals surface area contributed by atoms with E-state index in [0.29, 0.717) is 11.6 Å². The van der Waals surface area contributed by atoms with Crippen molar-refractivity contribution in [2.45, 2.75) is 46.8 Å². The molecular weight excluding hydrogens is 360 g/mol. The maximum Gasteiger partial charge on any atom is 0.238 e. The van der Waals surface area contributed by atoms with Crippen molar-refractivity contribution in [2.24, 2.45) is 5.41 Å². The van der Waals surface area contributed by atoms with E-state index in [2.05, 4.69) is 5.32 Å². The number of nitrogens with one attached hydrogen (secondary N) is 1. The molecule has 0 unspecified atom stereocenters. The van der Waals surface area contributed by atoms with Gasteiger partial charge in [-0.25, -0.2) is 0 Å². The first-order chi connectivity index (χ1) is 12.7. The van der Waals surface area contributed by atoms with Gasteiger partial charge in [-0.2, -0.15) is 0 Å². The molecule has 0 radical (unpaired) electrons. The van der Waals surface area contributed by atoms with E-state index in [4.69, 9.17) is 11.6 Å². The molecule has 0 bridgehead atoms. The van der Waals surface area contributed by atoms with Crippen LogP contribution in [0.25, 0.3) is 0 Å². The second-order valence-electron chi connectivity index (χ2n) is 7.41. The molecule has 0 aliphatic heterocycles. The number of hydrogen-bond acceptors (Lipinski definition) is 2. The SMILES string of the molecule is CC(C)N(Cc1ccccc1)C(=O)C(C)(C)C(=O)NCc1ccccc1Cl. The number of amides is 2. The van der Waals surface area contributed by atoms with E-state index in [-0.39, 0.29) is 24.4 Å². The Balaban J connectivity index is 2.10. The first kappa shape index (κ1) is 21.0. The molecule has 2 aromatic rings. The number of benzene rings is 2. The van der Waals surface area contributed by atoms with Gasteiger partial charge in [0, 0.05) is 24.2 Å². The summed E-state index contributed by atoms with van der Waals surface area (Å²) in [5, 5.41) is 3.44. The molecule has 0 aromatic heterocycles. The summed E-state index contributed by atoms with van der Waals surface area (Å²) in [6.07, 6.45) is 0. The Morgan fingerprint density at radius 3 is 2.22 bits per heavy atom. The zero-order valence-electron chi connectivity index (χ0n) is 16.3. The van der Waals surface area contributed by atoms with Crippen LogP contribution in [0.2, 0.25) is 5.02 Å². The van der Waals surface area contributed by atoms with Crippen molar-refractivity contribution < 1.29 is 9.59 Å². The Kier molecular flexibility index (Phi) is 7.03. The Hall–Kier alpha value is -2.33. The number of nitrogens with zero attached hydrogens (tertiary/aromatic N) is 1. The van der Waals surface area contributed by atoms with Crippen molar-refractivity contribution in [3.05, 3.63) is 70.7 Å². The van der Waals surface area contributed by atoms with Gasteiger partial charge in [-0.15, -0.1) is 0 Å². The van der Waals surface area contributed by atoms with Crippen LogP contribution >= 0.6 is 11.6 Å². The van der Waals surface area contributed by atoms with Gasteiger partial charge in [-0.1, -0.05) is 60.1 Å². The first-order valence-corrected chi connectivity index (χ1v) is 9.48. The summed E-state index contributed by atoms with van der Waals surface area (Å²) in [5.41, 5.74) is 0.674. The number of carbonyl (C=O) groups excluding carboxylic acids is 2. The highest BCUT2D eigenvalue weighted by atomic mass is 35.5. The lowest BCUT2D eigenvalue weighted by molar-refractivity contribution is -0.150. The van der Waals surface area contributed by atoms with Crippen molar-refractivity contribution in [3.63, 3.8) is 0 Å². The summed E-state index contributed by atoms with van der Waals surface area (Å²) in [6, 6.07) is 17.1. The van der Waals surface area contributed by atoms with E-state index in [1.54, 1.807) is 24.8 Å². The highest BCUT2D eigenvalue weighted by molar-refractivity contribution is 6.31. The fourth-order valence-corrected chi connectivity index (χ4v) is 2.97. The van der Waals surface area contributed by atoms with Crippen molar-refractivity contribution >= 4 is 23.4 Å². The monoisotopic (exact) mass is 386 g/mol. The van der Waals surface area contributed by atoms with Crippen LogP contribution in [0.5, 0.6) is 0 Å². The van der Waals surface area contributed by atoms with Gasteiger partial charge >= 0.3 is 0 Å². The second kappa shape index (κ2) is 9.05. The van der Waals surface area contributed by atoms with Gasteiger partial charge < -0.3 is 10.2 Å². The molecule has 27 heavy (non-hydrogen) atoms. The number of hydrogen-bond donors (Lipinski definition) is 1. The third-order valence-electron chi connectivity index (χ3n) is 4.58. The summed E-state index contributed by atoms with van der Waals surface area (Å²) in [6.45, 7) is 8.00. The molecule has 0 saturated carbocycles. The van der Waals surface area contributed by atoms with Gasteiger partial charge in [-0.05, 0) is 44.9 Å². The van der Waals surface area contributed by atoms with Crippen molar-refractivity contribution in [1.82, 2.24) is 10.2 Å². The summed E-state index contributed by atoms with van der Waals surface area (Å²) in [5.74, 6) is -0.510. The Labute approximate surface area is 166 Å². The van der Waals surface area contributed by atoms with Crippen molar-refractivity contribution in [2.75, 3.05) is 0 Å². The van der Waals surface area contributed by atoms with Crippen molar-refractivity contribution in [3.8, 4) is 0 Å². The van der Waals surface area contributed by atoms with E-state index >= 15 is 0 Å². The molecule has 0 heterocycles. The average Bonchev–Trinajstić information content (AvgIpc) is 2.65. The fourth-order valence-electron chi connectivity index (χ4n) is 2.76. The molecule has 5 heteroatoms.